The maximum Gasteiger partial charge on any atom is 0.243 e. The number of Topliss-reactive ketones (excluding diaryl/α,β-unsaturated/α-hetero) is 2. The minimum Gasteiger partial charge on any atom is -0.390 e. The van der Waals surface area contributed by atoms with Crippen molar-refractivity contribution in [3.8, 4) is 0 Å². The van der Waals surface area contributed by atoms with E-state index in [2.05, 4.69) is 57.6 Å². The number of piperidine rings is 2. The second-order valence-electron chi connectivity index (χ2n) is 22.5. The number of aromatic nitrogens is 4. The summed E-state index contributed by atoms with van der Waals surface area (Å²) in [4.78, 5) is 30.8. The zero-order valence-electron chi connectivity index (χ0n) is 41.1. The van der Waals surface area contributed by atoms with Crippen molar-refractivity contribution in [3.63, 3.8) is 0 Å². The number of rotatable bonds is 12. The largest absolute Gasteiger partial charge is 0.390 e. The maximum atomic E-state index is 13.7. The molecule has 10 fully saturated rings. The molecule has 394 valence electrons. The van der Waals surface area contributed by atoms with Crippen molar-refractivity contribution in [2.24, 2.45) is 61.4 Å². The molecule has 14 nitrogen and oxygen atoms in total. The van der Waals surface area contributed by atoms with Gasteiger partial charge >= 0.3 is 0 Å². The predicted molar refractivity (Wildman–Crippen MR) is 303 cm³/mol. The zero-order valence-corrected chi connectivity index (χ0v) is 50.1. The highest BCUT2D eigenvalue weighted by atomic mass is 128. The Bertz CT molecular complexity index is 2520. The molecule has 10 aliphatic rings. The number of likely N-dealkylation sites (N-methyl/N-ethyl adjacent to an activating group) is 2. The minimum atomic E-state index is -3.85. The summed E-state index contributed by atoms with van der Waals surface area (Å²) in [6.07, 6.45) is 14.3. The number of nitrogens with one attached hydrogen (secondary N) is 1. The highest BCUT2D eigenvalue weighted by molar-refractivity contribution is 15.0. The van der Waals surface area contributed by atoms with Crippen LogP contribution in [0.5, 0.6) is 0 Å². The number of anilines is 2. The first kappa shape index (κ1) is 56.3. The van der Waals surface area contributed by atoms with Gasteiger partial charge in [0.15, 0.2) is 11.6 Å². The summed E-state index contributed by atoms with van der Waals surface area (Å²) < 4.78 is 45.0. The Hall–Kier alpha value is -0.930. The topological polar surface area (TPSA) is 166 Å². The molecule has 6 atom stereocenters. The van der Waals surface area contributed by atoms with E-state index in [9.17, 15) is 32.6 Å². The first-order chi connectivity index (χ1) is 33.3. The molecule has 71 heavy (non-hydrogen) atoms. The van der Waals surface area contributed by atoms with E-state index in [0.717, 1.165) is 95.6 Å². The van der Waals surface area contributed by atoms with E-state index in [1.165, 1.54) is 35.3 Å². The molecule has 21 heteroatoms. The summed E-state index contributed by atoms with van der Waals surface area (Å²) in [5.41, 5.74) is -0.311. The lowest BCUT2D eigenvalue weighted by Gasteiger charge is -2.58. The first-order valence-electron chi connectivity index (χ1n) is 25.3. The van der Waals surface area contributed by atoms with E-state index in [4.69, 9.17) is 23.2 Å². The fourth-order valence-corrected chi connectivity index (χ4v) is 17.6. The fraction of sp³-hybridized carbons (Fsp3) is 0.720. The van der Waals surface area contributed by atoms with Gasteiger partial charge in [0, 0.05) is 110 Å². The molecule has 2 aromatic heterocycles. The van der Waals surface area contributed by atoms with Crippen LogP contribution in [0.25, 0.3) is 0 Å². The quantitative estimate of drug-likeness (QED) is 0.117. The number of carbonyl (C=O) groups is 2. The van der Waals surface area contributed by atoms with Gasteiger partial charge in [0.1, 0.15) is 38.9 Å². The van der Waals surface area contributed by atoms with Gasteiger partial charge in [0.25, 0.3) is 0 Å². The number of hydrogen-bond donors (Lipinski definition) is 3. The Morgan fingerprint density at radius 2 is 1.25 bits per heavy atom. The summed E-state index contributed by atoms with van der Waals surface area (Å²) in [6, 6.07) is 5.25. The average Bonchev–Trinajstić information content (AvgIpc) is 3.80. The van der Waals surface area contributed by atoms with Crippen molar-refractivity contribution < 1.29 is 32.6 Å². The van der Waals surface area contributed by atoms with Crippen molar-refractivity contribution in [1.82, 2.24) is 29.2 Å². The van der Waals surface area contributed by atoms with Gasteiger partial charge in [-0.05, 0) is 162 Å². The normalized spacial score (nSPS) is 33.6. The van der Waals surface area contributed by atoms with E-state index in [1.807, 2.05) is 26.0 Å². The van der Waals surface area contributed by atoms with Gasteiger partial charge in [-0.2, -0.15) is 14.5 Å². The van der Waals surface area contributed by atoms with E-state index in [-0.39, 0.29) is 69.7 Å². The van der Waals surface area contributed by atoms with Crippen molar-refractivity contribution in [2.45, 2.75) is 131 Å². The Labute approximate surface area is 469 Å². The van der Waals surface area contributed by atoms with Crippen LogP contribution in [-0.2, 0) is 24.1 Å². The molecule has 8 saturated carbocycles. The molecule has 0 radical (unpaired) electrons. The number of aryl methyl sites for hydroxylation is 2. The van der Waals surface area contributed by atoms with E-state index < -0.39 is 27.0 Å². The first-order valence-corrected chi connectivity index (χ1v) is 33.8. The Morgan fingerprint density at radius 3 is 1.69 bits per heavy atom. The van der Waals surface area contributed by atoms with Crippen molar-refractivity contribution in [1.29, 1.82) is 0 Å². The van der Waals surface area contributed by atoms with Crippen LogP contribution < -0.4 is 15.1 Å². The monoisotopic (exact) mass is 1380 g/mol. The summed E-state index contributed by atoms with van der Waals surface area (Å²) in [7, 11) is 3.67. The molecule has 2 saturated heterocycles. The second-order valence-corrected chi connectivity index (χ2v) is 25.2. The average molecular weight is 1380 g/mol. The molecule has 3 N–H and O–H groups in total. The molecule has 4 heterocycles. The lowest BCUT2D eigenvalue weighted by Crippen LogP contribution is -2.54. The Balaban J connectivity index is 0.000000189. The molecule has 2 aliphatic heterocycles. The molecule has 0 amide bonds. The van der Waals surface area contributed by atoms with Crippen LogP contribution in [-0.4, -0.2) is 118 Å². The minimum absolute atomic E-state index is 0. The van der Waals surface area contributed by atoms with E-state index in [1.54, 1.807) is 16.4 Å². The van der Waals surface area contributed by atoms with Gasteiger partial charge in [-0.15, -0.1) is 24.0 Å². The Kier molecular flexibility index (Phi) is 17.9. The zero-order chi connectivity index (χ0) is 50.0. The molecular weight excluding hydrogens is 1310 g/mol. The summed E-state index contributed by atoms with van der Waals surface area (Å²) in [5, 5.41) is 35.0. The van der Waals surface area contributed by atoms with Gasteiger partial charge in [-0.3, -0.25) is 19.0 Å². The maximum absolute atomic E-state index is 13.7. The lowest BCUT2D eigenvalue weighted by atomic mass is 9.49. The van der Waals surface area contributed by atoms with Gasteiger partial charge in [-0.1, -0.05) is 29.3 Å². The van der Waals surface area contributed by atoms with Gasteiger partial charge in [0.05, 0.1) is 16.1 Å². The number of halogens is 6. The van der Waals surface area contributed by atoms with E-state index >= 15 is 0 Å². The number of ketones is 2. The third-order valence-electron chi connectivity index (χ3n) is 18.0. The molecule has 13 rings (SSSR count). The number of hydrogen-bond acceptors (Lipinski definition) is 11. The highest BCUT2D eigenvalue weighted by Gasteiger charge is 2.56. The molecule has 3 aromatic rings. The van der Waals surface area contributed by atoms with Crippen molar-refractivity contribution in [2.75, 3.05) is 50.1 Å². The Morgan fingerprint density at radius 1 is 0.789 bits per heavy atom. The fourth-order valence-electron chi connectivity index (χ4n) is 15.3. The van der Waals surface area contributed by atoms with Crippen LogP contribution in [0.3, 0.4) is 0 Å². The van der Waals surface area contributed by atoms with Crippen LogP contribution in [0.2, 0.25) is 10.0 Å². The van der Waals surface area contributed by atoms with Crippen LogP contribution in [0.15, 0.2) is 29.2 Å². The standard InChI is InChI=1S/C28H36ClFN4O4S.C22H33ClN4O2.I2.HI/c1-32(21-6-4-8-34(16-21)39(37,38)22-7-3-5-20(30)11-22)27-25(29)26(31-33(27)2)24(35)12-23-18-9-17-10-19(23)15-28(36,13-17)14-18;1-26(16-4-3-5-24-12-16)21-19(23)20(25-27(21)2)18(28)8-17-14-6-13-7-15(17)11-22(29,9-13)10-14;1-2;/h3,5,7,11,17-19,21,23,36H,4,6,8-10,12-16H2,1-2H3;13-17,24,29H,3-12H2,1-2H3;;1H/t17?,18?,19?,21-,23?,28?;13?,14?,15?,16-,17?,22?;;/m00../s1. The van der Waals surface area contributed by atoms with Gasteiger partial charge in [-0.25, -0.2) is 12.8 Å². The second kappa shape index (κ2) is 22.6. The number of aliphatic hydroxyl groups is 2. The third kappa shape index (κ3) is 11.4. The number of sulfonamides is 1. The summed E-state index contributed by atoms with van der Waals surface area (Å²) in [5.74, 6) is 4.41. The number of carbonyl (C=O) groups excluding carboxylic acids is 2. The van der Waals surface area contributed by atoms with E-state index in [0.29, 0.717) is 89.8 Å². The molecule has 0 spiro atoms. The SMILES string of the molecule is CN(c1c(Cl)c(C(=O)CC2C3CC4CC2CC(O)(C4)C3)nn1C)[C@H]1CCCN(S(=O)(=O)c2cccc(F)c2)C1.CN(c1c(Cl)c(C(=O)CC2C3CC4CC2CC(O)(C4)C3)nn1C)[C@H]1CCCNC1.I.II. The van der Waals surface area contributed by atoms with Gasteiger partial charge in [0.2, 0.25) is 10.0 Å². The predicted octanol–water partition coefficient (Wildman–Crippen LogP) is 9.67. The number of benzene rings is 1. The smallest absolute Gasteiger partial charge is 0.243 e. The molecule has 8 bridgehead atoms. The molecule has 4 unspecified atom stereocenters. The lowest BCUT2D eigenvalue weighted by molar-refractivity contribution is -0.151. The van der Waals surface area contributed by atoms with Gasteiger partial charge < -0.3 is 25.3 Å². The molecule has 1 aromatic carbocycles. The van der Waals surface area contributed by atoms with Crippen LogP contribution in [0.1, 0.15) is 124 Å². The number of nitrogens with zero attached hydrogens (tertiary/aromatic N) is 7. The van der Waals surface area contributed by atoms with Crippen LogP contribution in [0, 0.1) is 53.2 Å². The van der Waals surface area contributed by atoms with Crippen LogP contribution >= 0.6 is 84.4 Å². The highest BCUT2D eigenvalue weighted by Crippen LogP contribution is 2.60. The van der Waals surface area contributed by atoms with Crippen molar-refractivity contribution >= 4 is 118 Å². The van der Waals surface area contributed by atoms with Crippen molar-refractivity contribution in [3.05, 3.63) is 51.5 Å². The van der Waals surface area contributed by atoms with Crippen LogP contribution in [0.4, 0.5) is 16.0 Å². The summed E-state index contributed by atoms with van der Waals surface area (Å²) in [6.45, 7) is 2.56. The molecular formula is C50H70Cl2FI3N8O6S. The summed E-state index contributed by atoms with van der Waals surface area (Å²) >= 11 is 17.8. The third-order valence-corrected chi connectivity index (χ3v) is 20.5. The molecule has 8 aliphatic carbocycles.